The molecule has 3 nitrogen and oxygen atoms in total. The van der Waals surface area contributed by atoms with Crippen molar-refractivity contribution in [2.24, 2.45) is 5.73 Å². The first-order valence-corrected chi connectivity index (χ1v) is 6.76. The lowest BCUT2D eigenvalue weighted by molar-refractivity contribution is 0.100. The van der Waals surface area contributed by atoms with Gasteiger partial charge in [0.05, 0.1) is 11.6 Å². The molecule has 0 saturated carbocycles. The molecule has 1 aromatic carbocycles. The van der Waals surface area contributed by atoms with E-state index in [-0.39, 0.29) is 6.04 Å². The number of rotatable bonds is 8. The number of hydrogen-bond donors (Lipinski definition) is 1. The summed E-state index contributed by atoms with van der Waals surface area (Å²) in [6.45, 7) is 5.90. The van der Waals surface area contributed by atoms with E-state index >= 15 is 0 Å². The minimum Gasteiger partial charge on any atom is -0.489 e. The van der Waals surface area contributed by atoms with Crippen LogP contribution in [0.2, 0.25) is 5.02 Å². The van der Waals surface area contributed by atoms with E-state index in [9.17, 15) is 0 Å². The summed E-state index contributed by atoms with van der Waals surface area (Å²) in [5, 5.41) is 0.628. The minimum atomic E-state index is 0.0853. The molecule has 0 fully saturated rings. The molecular formula is C14H22ClNO2. The molecule has 0 saturated heterocycles. The van der Waals surface area contributed by atoms with Crippen molar-refractivity contribution in [2.45, 2.75) is 32.7 Å². The van der Waals surface area contributed by atoms with Crippen molar-refractivity contribution in [2.75, 3.05) is 19.8 Å². The van der Waals surface area contributed by atoms with Crippen LogP contribution in [0.15, 0.2) is 18.2 Å². The molecule has 0 aliphatic heterocycles. The van der Waals surface area contributed by atoms with Crippen LogP contribution in [0.4, 0.5) is 0 Å². The lowest BCUT2D eigenvalue weighted by Crippen LogP contribution is -2.18. The largest absolute Gasteiger partial charge is 0.489 e. The lowest BCUT2D eigenvalue weighted by atomic mass is 10.1. The molecule has 102 valence electrons. The van der Waals surface area contributed by atoms with E-state index in [4.69, 9.17) is 26.8 Å². The molecule has 2 N–H and O–H groups in total. The van der Waals surface area contributed by atoms with Gasteiger partial charge >= 0.3 is 0 Å². The highest BCUT2D eigenvalue weighted by molar-refractivity contribution is 6.32. The van der Waals surface area contributed by atoms with Crippen LogP contribution >= 0.6 is 11.6 Å². The third kappa shape index (κ3) is 5.25. The van der Waals surface area contributed by atoms with Crippen molar-refractivity contribution in [1.29, 1.82) is 0 Å². The minimum absolute atomic E-state index is 0.0853. The molecule has 1 aromatic rings. The number of hydrogen-bond acceptors (Lipinski definition) is 3. The molecule has 0 spiro atoms. The van der Waals surface area contributed by atoms with E-state index in [1.54, 1.807) is 0 Å². The molecular weight excluding hydrogens is 250 g/mol. The maximum atomic E-state index is 6.15. The number of nitrogens with two attached hydrogens (primary N) is 1. The monoisotopic (exact) mass is 271 g/mol. The van der Waals surface area contributed by atoms with Crippen molar-refractivity contribution in [3.05, 3.63) is 28.8 Å². The van der Waals surface area contributed by atoms with E-state index in [0.29, 0.717) is 18.2 Å². The fourth-order valence-electron chi connectivity index (χ4n) is 1.67. The van der Waals surface area contributed by atoms with Crippen molar-refractivity contribution in [3.63, 3.8) is 0 Å². The molecule has 1 atom stereocenters. The predicted octanol–water partition coefficient (Wildman–Crippen LogP) is 3.04. The molecule has 0 radical (unpaired) electrons. The van der Waals surface area contributed by atoms with Gasteiger partial charge < -0.3 is 15.2 Å². The Morgan fingerprint density at radius 2 is 2.06 bits per heavy atom. The summed E-state index contributed by atoms with van der Waals surface area (Å²) in [6, 6.07) is 5.83. The molecule has 0 amide bonds. The SMILES string of the molecule is CCCOCCOc1c(Cl)cccc1CC(C)N. The number of halogens is 1. The quantitative estimate of drug-likeness (QED) is 0.739. The Morgan fingerprint density at radius 3 is 2.72 bits per heavy atom. The second-order valence-electron chi connectivity index (χ2n) is 4.37. The van der Waals surface area contributed by atoms with Crippen LogP contribution in [0.1, 0.15) is 25.8 Å². The summed E-state index contributed by atoms with van der Waals surface area (Å²) in [5.74, 6) is 0.733. The van der Waals surface area contributed by atoms with Gasteiger partial charge in [-0.1, -0.05) is 30.7 Å². The third-order valence-corrected chi connectivity index (χ3v) is 2.71. The average Bonchev–Trinajstić information content (AvgIpc) is 2.31. The predicted molar refractivity (Wildman–Crippen MR) is 75.4 cm³/mol. The van der Waals surface area contributed by atoms with Gasteiger partial charge in [-0.3, -0.25) is 0 Å². The van der Waals surface area contributed by atoms with E-state index in [1.165, 1.54) is 0 Å². The zero-order valence-corrected chi connectivity index (χ0v) is 11.9. The Balaban J connectivity index is 2.56. The second-order valence-corrected chi connectivity index (χ2v) is 4.78. The summed E-state index contributed by atoms with van der Waals surface area (Å²) >= 11 is 6.15. The van der Waals surface area contributed by atoms with Crippen LogP contribution < -0.4 is 10.5 Å². The van der Waals surface area contributed by atoms with Crippen molar-refractivity contribution >= 4 is 11.6 Å². The summed E-state index contributed by atoms with van der Waals surface area (Å²) in [7, 11) is 0. The van der Waals surface area contributed by atoms with Crippen molar-refractivity contribution in [1.82, 2.24) is 0 Å². The first-order chi connectivity index (χ1) is 8.65. The van der Waals surface area contributed by atoms with E-state index in [2.05, 4.69) is 6.92 Å². The maximum absolute atomic E-state index is 6.15. The molecule has 0 aromatic heterocycles. The standard InChI is InChI=1S/C14H22ClNO2/c1-3-7-17-8-9-18-14-12(10-11(2)16)5-4-6-13(14)15/h4-6,11H,3,7-10,16H2,1-2H3. The summed E-state index contributed by atoms with van der Waals surface area (Å²) < 4.78 is 11.1. The molecule has 4 heteroatoms. The summed E-state index contributed by atoms with van der Waals surface area (Å²) in [4.78, 5) is 0. The topological polar surface area (TPSA) is 44.5 Å². The van der Waals surface area contributed by atoms with Gasteiger partial charge in [-0.25, -0.2) is 0 Å². The maximum Gasteiger partial charge on any atom is 0.141 e. The Hall–Kier alpha value is -0.770. The molecule has 0 aliphatic carbocycles. The van der Waals surface area contributed by atoms with Gasteiger partial charge in [-0.15, -0.1) is 0 Å². The Bertz CT molecular complexity index is 356. The fraction of sp³-hybridized carbons (Fsp3) is 0.571. The van der Waals surface area contributed by atoms with Gasteiger partial charge in [-0.2, -0.15) is 0 Å². The van der Waals surface area contributed by atoms with Crippen LogP contribution in [-0.2, 0) is 11.2 Å². The lowest BCUT2D eigenvalue weighted by Gasteiger charge is -2.14. The van der Waals surface area contributed by atoms with E-state index in [0.717, 1.165) is 30.8 Å². The van der Waals surface area contributed by atoms with Gasteiger partial charge in [-0.05, 0) is 31.4 Å². The first kappa shape index (κ1) is 15.3. The molecule has 0 bridgehead atoms. The molecule has 1 rings (SSSR count). The zero-order chi connectivity index (χ0) is 13.4. The summed E-state index contributed by atoms with van der Waals surface area (Å²) in [5.41, 5.74) is 6.86. The van der Waals surface area contributed by atoms with Crippen LogP contribution in [0, 0.1) is 0 Å². The van der Waals surface area contributed by atoms with Crippen LogP contribution in [0.3, 0.4) is 0 Å². The molecule has 0 heterocycles. The number of benzene rings is 1. The van der Waals surface area contributed by atoms with Crippen LogP contribution in [-0.4, -0.2) is 25.9 Å². The van der Waals surface area contributed by atoms with Gasteiger partial charge in [0.25, 0.3) is 0 Å². The Morgan fingerprint density at radius 1 is 1.28 bits per heavy atom. The van der Waals surface area contributed by atoms with Crippen molar-refractivity contribution < 1.29 is 9.47 Å². The van der Waals surface area contributed by atoms with Crippen molar-refractivity contribution in [3.8, 4) is 5.75 Å². The third-order valence-electron chi connectivity index (χ3n) is 2.41. The second kappa shape index (κ2) is 8.35. The molecule has 1 unspecified atom stereocenters. The molecule has 18 heavy (non-hydrogen) atoms. The Labute approximate surface area is 114 Å². The molecule has 0 aliphatic rings. The van der Waals surface area contributed by atoms with Gasteiger partial charge in [0.15, 0.2) is 0 Å². The van der Waals surface area contributed by atoms with E-state index in [1.807, 2.05) is 25.1 Å². The fourth-order valence-corrected chi connectivity index (χ4v) is 1.92. The number of para-hydroxylation sites is 1. The van der Waals surface area contributed by atoms with Gasteiger partial charge in [0, 0.05) is 12.6 Å². The highest BCUT2D eigenvalue weighted by atomic mass is 35.5. The summed E-state index contributed by atoms with van der Waals surface area (Å²) in [6.07, 6.45) is 1.77. The first-order valence-electron chi connectivity index (χ1n) is 6.38. The highest BCUT2D eigenvalue weighted by Gasteiger charge is 2.09. The highest BCUT2D eigenvalue weighted by Crippen LogP contribution is 2.29. The van der Waals surface area contributed by atoms with Crippen LogP contribution in [0.5, 0.6) is 5.75 Å². The van der Waals surface area contributed by atoms with E-state index < -0.39 is 0 Å². The van der Waals surface area contributed by atoms with Gasteiger partial charge in [0.1, 0.15) is 12.4 Å². The Kier molecular flexibility index (Phi) is 7.09. The van der Waals surface area contributed by atoms with Gasteiger partial charge in [0.2, 0.25) is 0 Å². The van der Waals surface area contributed by atoms with Crippen LogP contribution in [0.25, 0.3) is 0 Å². The smallest absolute Gasteiger partial charge is 0.141 e. The normalized spacial score (nSPS) is 12.4. The zero-order valence-electron chi connectivity index (χ0n) is 11.1. The number of ether oxygens (including phenoxy) is 2. The average molecular weight is 272 g/mol.